The first-order chi connectivity index (χ1) is 8.16. The minimum absolute atomic E-state index is 0.290. The Hall–Kier alpha value is -0.910. The molecule has 5 nitrogen and oxygen atoms in total. The second-order valence-electron chi connectivity index (χ2n) is 5.01. The zero-order valence-corrected chi connectivity index (χ0v) is 10.6. The Labute approximate surface area is 101 Å². The summed E-state index contributed by atoms with van der Waals surface area (Å²) in [6, 6.07) is 0. The number of hydrogen-bond acceptors (Lipinski definition) is 4. The number of sulfone groups is 1. The van der Waals surface area contributed by atoms with Gasteiger partial charge in [-0.3, -0.25) is 0 Å². The van der Waals surface area contributed by atoms with Gasteiger partial charge in [-0.05, 0) is 25.7 Å². The van der Waals surface area contributed by atoms with Gasteiger partial charge in [-0.1, -0.05) is 0 Å². The van der Waals surface area contributed by atoms with Gasteiger partial charge in [0.1, 0.15) is 21.5 Å². The number of aromatic nitrogens is 3. The Kier molecular flexibility index (Phi) is 2.69. The molecular weight excluding hydrogens is 238 g/mol. The average molecular weight is 255 g/mol. The topological polar surface area (TPSA) is 64.8 Å². The Morgan fingerprint density at radius 1 is 1.12 bits per heavy atom. The quantitative estimate of drug-likeness (QED) is 0.748. The summed E-state index contributed by atoms with van der Waals surface area (Å²) < 4.78 is 25.0. The Morgan fingerprint density at radius 3 is 2.65 bits per heavy atom. The minimum atomic E-state index is -2.79. The predicted octanol–water partition coefficient (Wildman–Crippen LogP) is 0.907. The molecule has 3 heterocycles. The molecule has 17 heavy (non-hydrogen) atoms. The fourth-order valence-electron chi connectivity index (χ4n) is 2.78. The summed E-state index contributed by atoms with van der Waals surface area (Å²) in [4.78, 5) is 0. The largest absolute Gasteiger partial charge is 0.315 e. The highest BCUT2D eigenvalue weighted by atomic mass is 32.2. The molecule has 1 aromatic rings. The molecule has 0 unspecified atom stereocenters. The zero-order chi connectivity index (χ0) is 11.9. The summed E-state index contributed by atoms with van der Waals surface area (Å²) in [5.41, 5.74) is 0. The minimum Gasteiger partial charge on any atom is -0.315 e. The monoisotopic (exact) mass is 255 g/mol. The van der Waals surface area contributed by atoms with Crippen LogP contribution in [0.2, 0.25) is 0 Å². The van der Waals surface area contributed by atoms with Crippen molar-refractivity contribution < 1.29 is 8.42 Å². The molecule has 6 heteroatoms. The first-order valence-corrected chi connectivity index (χ1v) is 8.10. The molecule has 0 atom stereocenters. The lowest BCUT2D eigenvalue weighted by Gasteiger charge is -2.23. The van der Waals surface area contributed by atoms with E-state index in [2.05, 4.69) is 14.8 Å². The van der Waals surface area contributed by atoms with E-state index in [-0.39, 0.29) is 5.92 Å². The molecule has 2 aliphatic rings. The van der Waals surface area contributed by atoms with Crippen LogP contribution in [0.5, 0.6) is 0 Å². The maximum Gasteiger partial charge on any atom is 0.150 e. The van der Waals surface area contributed by atoms with E-state index in [4.69, 9.17) is 0 Å². The number of hydrogen-bond donors (Lipinski definition) is 0. The standard InChI is InChI=1S/C11H17N3O2S/c15-17(16)7-4-9(5-8-17)11-13-12-10-3-1-2-6-14(10)11/h9H,1-8H2. The van der Waals surface area contributed by atoms with Crippen LogP contribution in [0.15, 0.2) is 0 Å². The number of aryl methyl sites for hydroxylation is 1. The molecule has 0 amide bonds. The van der Waals surface area contributed by atoms with Gasteiger partial charge in [0.25, 0.3) is 0 Å². The summed E-state index contributed by atoms with van der Waals surface area (Å²) in [5.74, 6) is 3.01. The fourth-order valence-corrected chi connectivity index (χ4v) is 4.27. The summed E-state index contributed by atoms with van der Waals surface area (Å²) in [7, 11) is -2.79. The van der Waals surface area contributed by atoms with Crippen molar-refractivity contribution in [3.05, 3.63) is 11.6 Å². The van der Waals surface area contributed by atoms with E-state index in [0.29, 0.717) is 24.3 Å². The first kappa shape index (κ1) is 11.2. The van der Waals surface area contributed by atoms with Gasteiger partial charge in [0.05, 0.1) is 11.5 Å². The van der Waals surface area contributed by atoms with Gasteiger partial charge in [0, 0.05) is 18.9 Å². The molecular formula is C11H17N3O2S. The van der Waals surface area contributed by atoms with E-state index in [9.17, 15) is 8.42 Å². The molecule has 1 aromatic heterocycles. The normalized spacial score (nSPS) is 24.5. The fraction of sp³-hybridized carbons (Fsp3) is 0.818. The SMILES string of the molecule is O=S1(=O)CCC(c2nnc3n2CCCC3)CC1. The van der Waals surface area contributed by atoms with Crippen molar-refractivity contribution in [2.75, 3.05) is 11.5 Å². The highest BCUT2D eigenvalue weighted by Gasteiger charge is 2.29. The summed E-state index contributed by atoms with van der Waals surface area (Å²) in [6.45, 7) is 1.00. The third kappa shape index (κ3) is 2.10. The Morgan fingerprint density at radius 2 is 1.88 bits per heavy atom. The lowest BCUT2D eigenvalue weighted by Crippen LogP contribution is -2.25. The second-order valence-corrected chi connectivity index (χ2v) is 7.31. The summed E-state index contributed by atoms with van der Waals surface area (Å²) in [6.07, 6.45) is 4.80. The molecule has 0 aromatic carbocycles. The van der Waals surface area contributed by atoms with Crippen LogP contribution >= 0.6 is 0 Å². The van der Waals surface area contributed by atoms with Crippen molar-refractivity contribution in [3.8, 4) is 0 Å². The molecule has 0 radical (unpaired) electrons. The van der Waals surface area contributed by atoms with Crippen LogP contribution in [-0.2, 0) is 22.8 Å². The van der Waals surface area contributed by atoms with E-state index >= 15 is 0 Å². The van der Waals surface area contributed by atoms with Crippen LogP contribution in [0.4, 0.5) is 0 Å². The molecule has 0 bridgehead atoms. The second kappa shape index (κ2) is 4.08. The maximum absolute atomic E-state index is 11.4. The molecule has 2 aliphatic heterocycles. The van der Waals surface area contributed by atoms with Crippen molar-refractivity contribution >= 4 is 9.84 Å². The summed E-state index contributed by atoms with van der Waals surface area (Å²) in [5, 5.41) is 8.52. The van der Waals surface area contributed by atoms with Crippen LogP contribution in [0.3, 0.4) is 0 Å². The lowest BCUT2D eigenvalue weighted by atomic mass is 10.0. The van der Waals surface area contributed by atoms with Crippen LogP contribution < -0.4 is 0 Å². The molecule has 0 spiro atoms. The smallest absolute Gasteiger partial charge is 0.150 e. The van der Waals surface area contributed by atoms with Crippen LogP contribution in [0.25, 0.3) is 0 Å². The number of nitrogens with zero attached hydrogens (tertiary/aromatic N) is 3. The highest BCUT2D eigenvalue weighted by Crippen LogP contribution is 2.29. The maximum atomic E-state index is 11.4. The third-order valence-electron chi connectivity index (χ3n) is 3.81. The highest BCUT2D eigenvalue weighted by molar-refractivity contribution is 7.91. The Bertz CT molecular complexity index is 507. The number of fused-ring (bicyclic) bond motifs is 1. The van der Waals surface area contributed by atoms with Crippen molar-refractivity contribution in [1.29, 1.82) is 0 Å². The van der Waals surface area contributed by atoms with E-state index in [1.54, 1.807) is 0 Å². The van der Waals surface area contributed by atoms with Gasteiger partial charge < -0.3 is 4.57 Å². The van der Waals surface area contributed by atoms with Gasteiger partial charge in [-0.25, -0.2) is 8.42 Å². The molecule has 0 saturated carbocycles. The average Bonchev–Trinajstić information content (AvgIpc) is 2.73. The van der Waals surface area contributed by atoms with Gasteiger partial charge in [0.2, 0.25) is 0 Å². The van der Waals surface area contributed by atoms with E-state index < -0.39 is 9.84 Å². The van der Waals surface area contributed by atoms with Gasteiger partial charge in [-0.2, -0.15) is 0 Å². The molecule has 3 rings (SSSR count). The molecule has 1 saturated heterocycles. The van der Waals surface area contributed by atoms with Crippen molar-refractivity contribution in [2.45, 2.75) is 44.6 Å². The molecule has 94 valence electrons. The van der Waals surface area contributed by atoms with E-state index in [1.165, 1.54) is 12.8 Å². The summed E-state index contributed by atoms with van der Waals surface area (Å²) >= 11 is 0. The molecule has 0 aliphatic carbocycles. The molecule has 1 fully saturated rings. The lowest BCUT2D eigenvalue weighted by molar-refractivity contribution is 0.470. The van der Waals surface area contributed by atoms with Crippen molar-refractivity contribution in [1.82, 2.24) is 14.8 Å². The molecule has 0 N–H and O–H groups in total. The third-order valence-corrected chi connectivity index (χ3v) is 5.52. The van der Waals surface area contributed by atoms with Gasteiger partial charge in [0.15, 0.2) is 0 Å². The van der Waals surface area contributed by atoms with Crippen LogP contribution in [0, 0.1) is 0 Å². The van der Waals surface area contributed by atoms with Crippen molar-refractivity contribution in [3.63, 3.8) is 0 Å². The predicted molar refractivity (Wildman–Crippen MR) is 63.6 cm³/mol. The van der Waals surface area contributed by atoms with Gasteiger partial charge >= 0.3 is 0 Å². The van der Waals surface area contributed by atoms with Crippen LogP contribution in [-0.4, -0.2) is 34.7 Å². The van der Waals surface area contributed by atoms with E-state index in [1.807, 2.05) is 0 Å². The Balaban J connectivity index is 1.83. The van der Waals surface area contributed by atoms with Gasteiger partial charge in [-0.15, -0.1) is 10.2 Å². The van der Waals surface area contributed by atoms with Crippen LogP contribution in [0.1, 0.15) is 43.3 Å². The zero-order valence-electron chi connectivity index (χ0n) is 9.80. The first-order valence-electron chi connectivity index (χ1n) is 6.28. The number of rotatable bonds is 1. The van der Waals surface area contributed by atoms with E-state index in [0.717, 1.165) is 24.6 Å². The van der Waals surface area contributed by atoms with Crippen molar-refractivity contribution in [2.24, 2.45) is 0 Å².